The first-order valence-electron chi connectivity index (χ1n) is 4.05. The molecule has 0 atom stereocenters. The van der Waals surface area contributed by atoms with Crippen LogP contribution in [0.4, 0.5) is 13.2 Å². The minimum Gasteiger partial charge on any atom is -0.299 e. The Morgan fingerprint density at radius 2 is 2.13 bits per heavy atom. The molecule has 2 nitrogen and oxygen atoms in total. The van der Waals surface area contributed by atoms with Gasteiger partial charge in [0.25, 0.3) is 0 Å². The highest BCUT2D eigenvalue weighted by Gasteiger charge is 2.30. The average molecular weight is 235 g/mol. The number of pyridine rings is 1. The van der Waals surface area contributed by atoms with Gasteiger partial charge in [-0.05, 0) is 19.1 Å². The van der Waals surface area contributed by atoms with Crippen LogP contribution in [0, 0.1) is 0 Å². The van der Waals surface area contributed by atoms with E-state index < -0.39 is 11.7 Å². The Balaban J connectivity index is 2.69. The number of rotatable bonds is 3. The van der Waals surface area contributed by atoms with Crippen LogP contribution in [0.3, 0.4) is 0 Å². The van der Waals surface area contributed by atoms with Crippen LogP contribution in [-0.2, 0) is 11.0 Å². The number of halogens is 3. The van der Waals surface area contributed by atoms with Gasteiger partial charge in [-0.25, -0.2) is 4.98 Å². The Bertz CT molecular complexity index is 347. The predicted octanol–water partition coefficient (Wildman–Crippen LogP) is 2.78. The molecule has 0 radical (unpaired) electrons. The zero-order valence-electron chi connectivity index (χ0n) is 7.84. The van der Waals surface area contributed by atoms with E-state index in [1.165, 1.54) is 13.0 Å². The van der Waals surface area contributed by atoms with E-state index in [0.29, 0.717) is 5.03 Å². The number of hydrogen-bond acceptors (Lipinski definition) is 3. The average Bonchev–Trinajstić information content (AvgIpc) is 2.14. The second-order valence-corrected chi connectivity index (χ2v) is 3.87. The molecule has 1 rings (SSSR count). The summed E-state index contributed by atoms with van der Waals surface area (Å²) in [6.07, 6.45) is -3.60. The third-order valence-corrected chi connectivity index (χ3v) is 2.58. The topological polar surface area (TPSA) is 30.0 Å². The largest absolute Gasteiger partial charge is 0.417 e. The zero-order chi connectivity index (χ0) is 11.5. The molecule has 0 spiro atoms. The molecule has 0 aromatic carbocycles. The van der Waals surface area contributed by atoms with E-state index in [1.54, 1.807) is 0 Å². The summed E-state index contributed by atoms with van der Waals surface area (Å²) in [5.41, 5.74) is -0.783. The van der Waals surface area contributed by atoms with Gasteiger partial charge in [0.1, 0.15) is 5.78 Å². The third-order valence-electron chi connectivity index (χ3n) is 1.49. The van der Waals surface area contributed by atoms with Crippen LogP contribution in [-0.4, -0.2) is 16.5 Å². The Hall–Kier alpha value is -1.04. The highest BCUT2D eigenvalue weighted by Crippen LogP contribution is 2.29. The summed E-state index contributed by atoms with van der Waals surface area (Å²) in [7, 11) is 0. The van der Waals surface area contributed by atoms with E-state index in [-0.39, 0.29) is 11.5 Å². The molecule has 1 heterocycles. The van der Waals surface area contributed by atoms with Crippen LogP contribution in [0.25, 0.3) is 0 Å². The molecule has 0 aliphatic carbocycles. The molecule has 0 unspecified atom stereocenters. The first-order chi connectivity index (χ1) is 6.89. The maximum absolute atomic E-state index is 12.1. The molecule has 0 amide bonds. The first-order valence-corrected chi connectivity index (χ1v) is 5.03. The van der Waals surface area contributed by atoms with Crippen molar-refractivity contribution in [3.05, 3.63) is 23.9 Å². The molecule has 0 saturated carbocycles. The monoisotopic (exact) mass is 235 g/mol. The van der Waals surface area contributed by atoms with Crippen LogP contribution in [0.5, 0.6) is 0 Å². The summed E-state index contributed by atoms with van der Waals surface area (Å²) in [4.78, 5) is 14.2. The fourth-order valence-electron chi connectivity index (χ4n) is 0.809. The van der Waals surface area contributed by atoms with Crippen LogP contribution in [0.2, 0.25) is 0 Å². The molecule has 0 aliphatic rings. The summed E-state index contributed by atoms with van der Waals surface area (Å²) >= 11 is 1.12. The molecule has 0 aliphatic heterocycles. The first kappa shape index (κ1) is 12.0. The van der Waals surface area contributed by atoms with E-state index >= 15 is 0 Å². The van der Waals surface area contributed by atoms with E-state index in [4.69, 9.17) is 0 Å². The molecular weight excluding hydrogens is 227 g/mol. The normalized spacial score (nSPS) is 11.5. The SMILES string of the molecule is CC(=O)CSc1ccc(C(F)(F)F)cn1. The van der Waals surface area contributed by atoms with Crippen molar-refractivity contribution in [2.45, 2.75) is 18.1 Å². The number of thioether (sulfide) groups is 1. The summed E-state index contributed by atoms with van der Waals surface area (Å²) in [6, 6.07) is 2.21. The van der Waals surface area contributed by atoms with Gasteiger partial charge in [0.05, 0.1) is 16.3 Å². The molecular formula is C9H8F3NOS. The number of Topliss-reactive ketones (excluding diaryl/α,β-unsaturated/α-hetero) is 1. The molecule has 82 valence electrons. The van der Waals surface area contributed by atoms with E-state index in [9.17, 15) is 18.0 Å². The van der Waals surface area contributed by atoms with Crippen LogP contribution in [0.15, 0.2) is 23.4 Å². The fourth-order valence-corrected chi connectivity index (χ4v) is 1.45. The van der Waals surface area contributed by atoms with Crippen molar-refractivity contribution in [3.63, 3.8) is 0 Å². The van der Waals surface area contributed by atoms with Gasteiger partial charge in [0.15, 0.2) is 0 Å². The summed E-state index contributed by atoms with van der Waals surface area (Å²) in [5, 5.41) is 0.415. The second-order valence-electron chi connectivity index (χ2n) is 2.87. The van der Waals surface area contributed by atoms with Gasteiger partial charge in [-0.3, -0.25) is 4.79 Å². The van der Waals surface area contributed by atoms with Gasteiger partial charge >= 0.3 is 6.18 Å². The molecule has 0 saturated heterocycles. The number of alkyl halides is 3. The molecule has 6 heteroatoms. The fraction of sp³-hybridized carbons (Fsp3) is 0.333. The number of aromatic nitrogens is 1. The Labute approximate surface area is 88.9 Å². The minimum absolute atomic E-state index is 0.0401. The molecule has 0 fully saturated rings. The number of carbonyl (C=O) groups is 1. The summed E-state index contributed by atoms with van der Waals surface area (Å²) in [6.45, 7) is 1.41. The van der Waals surface area contributed by atoms with Gasteiger partial charge in [-0.1, -0.05) is 11.8 Å². The lowest BCUT2D eigenvalue weighted by molar-refractivity contribution is -0.137. The van der Waals surface area contributed by atoms with Gasteiger partial charge in [-0.15, -0.1) is 0 Å². The van der Waals surface area contributed by atoms with Crippen molar-refractivity contribution in [1.82, 2.24) is 4.98 Å². The van der Waals surface area contributed by atoms with Gasteiger partial charge in [-0.2, -0.15) is 13.2 Å². The van der Waals surface area contributed by atoms with Crippen LogP contribution >= 0.6 is 11.8 Å². The number of carbonyl (C=O) groups excluding carboxylic acids is 1. The summed E-state index contributed by atoms with van der Waals surface area (Å²) in [5.74, 6) is 0.181. The number of hydrogen-bond donors (Lipinski definition) is 0. The van der Waals surface area contributed by atoms with Gasteiger partial charge < -0.3 is 0 Å². The molecule has 1 aromatic rings. The van der Waals surface area contributed by atoms with Crippen molar-refractivity contribution < 1.29 is 18.0 Å². The maximum Gasteiger partial charge on any atom is 0.417 e. The van der Waals surface area contributed by atoms with Crippen molar-refractivity contribution in [1.29, 1.82) is 0 Å². The highest BCUT2D eigenvalue weighted by atomic mass is 32.2. The lowest BCUT2D eigenvalue weighted by Crippen LogP contribution is -2.05. The second kappa shape index (κ2) is 4.65. The summed E-state index contributed by atoms with van der Waals surface area (Å²) < 4.78 is 36.4. The smallest absolute Gasteiger partial charge is 0.299 e. The maximum atomic E-state index is 12.1. The zero-order valence-corrected chi connectivity index (χ0v) is 8.65. The molecule has 1 aromatic heterocycles. The van der Waals surface area contributed by atoms with Crippen molar-refractivity contribution >= 4 is 17.5 Å². The van der Waals surface area contributed by atoms with E-state index in [1.807, 2.05) is 0 Å². The van der Waals surface area contributed by atoms with Crippen molar-refractivity contribution in [3.8, 4) is 0 Å². The van der Waals surface area contributed by atoms with E-state index in [2.05, 4.69) is 4.98 Å². The molecule has 0 bridgehead atoms. The van der Waals surface area contributed by atoms with Crippen LogP contribution in [0.1, 0.15) is 12.5 Å². The Kier molecular flexibility index (Phi) is 3.73. The van der Waals surface area contributed by atoms with E-state index in [0.717, 1.165) is 24.0 Å². The third kappa shape index (κ3) is 3.91. The lowest BCUT2D eigenvalue weighted by Gasteiger charge is -2.05. The number of ketones is 1. The Morgan fingerprint density at radius 3 is 2.53 bits per heavy atom. The molecule has 0 N–H and O–H groups in total. The van der Waals surface area contributed by atoms with Crippen molar-refractivity contribution in [2.75, 3.05) is 5.75 Å². The quantitative estimate of drug-likeness (QED) is 0.754. The lowest BCUT2D eigenvalue weighted by atomic mass is 10.3. The standard InChI is InChI=1S/C9H8F3NOS/c1-6(14)5-15-8-3-2-7(4-13-8)9(10,11)12/h2-4H,5H2,1H3. The Morgan fingerprint density at radius 1 is 1.47 bits per heavy atom. The highest BCUT2D eigenvalue weighted by molar-refractivity contribution is 7.99. The van der Waals surface area contributed by atoms with Gasteiger partial charge in [0.2, 0.25) is 0 Å². The van der Waals surface area contributed by atoms with Gasteiger partial charge in [0, 0.05) is 6.20 Å². The van der Waals surface area contributed by atoms with Crippen molar-refractivity contribution in [2.24, 2.45) is 0 Å². The number of nitrogens with zero attached hydrogens (tertiary/aromatic N) is 1. The molecule has 15 heavy (non-hydrogen) atoms. The minimum atomic E-state index is -4.36. The predicted molar refractivity (Wildman–Crippen MR) is 50.6 cm³/mol. The van der Waals surface area contributed by atoms with Crippen LogP contribution < -0.4 is 0 Å².